The summed E-state index contributed by atoms with van der Waals surface area (Å²) >= 11 is 8.95. The molecule has 2 aromatic carbocycles. The highest BCUT2D eigenvalue weighted by molar-refractivity contribution is 9.10. The molecule has 25 heavy (non-hydrogen) atoms. The van der Waals surface area contributed by atoms with Crippen molar-refractivity contribution < 1.29 is 24.5 Å². The number of nitrogens with one attached hydrogen (secondary N) is 1. The molecule has 7 nitrogen and oxygen atoms in total. The topological polar surface area (TPSA) is 120 Å². The quantitative estimate of drug-likeness (QED) is 0.640. The largest absolute Gasteiger partial charge is 0.480 e. The first kappa shape index (κ1) is 18.6. The fourth-order valence-electron chi connectivity index (χ4n) is 1.92. The second-order valence-corrected chi connectivity index (χ2v) is 5.97. The molecule has 0 radical (unpaired) electrons. The van der Waals surface area contributed by atoms with E-state index in [1.807, 2.05) is 6.07 Å². The average molecular weight is 426 g/mol. The second kappa shape index (κ2) is 7.88. The van der Waals surface area contributed by atoms with E-state index in [2.05, 4.69) is 21.2 Å². The van der Waals surface area contributed by atoms with Crippen molar-refractivity contribution in [2.24, 2.45) is 0 Å². The van der Waals surface area contributed by atoms with E-state index in [0.717, 1.165) is 0 Å². The van der Waals surface area contributed by atoms with Crippen molar-refractivity contribution in [3.05, 3.63) is 51.0 Å². The predicted octanol–water partition coefficient (Wildman–Crippen LogP) is 3.96. The Bertz CT molecular complexity index is 895. The Labute approximate surface area is 155 Å². The highest BCUT2D eigenvalue weighted by Gasteiger charge is 2.17. The molecule has 0 unspecified atom stereocenters. The van der Waals surface area contributed by atoms with Gasteiger partial charge in [-0.25, -0.2) is 4.79 Å². The van der Waals surface area contributed by atoms with Gasteiger partial charge in [-0.3, -0.25) is 4.79 Å². The number of benzene rings is 2. The molecule has 0 spiro atoms. The molecular formula is C16H10BrClN2O5. The second-order valence-electron chi connectivity index (χ2n) is 4.74. The smallest absolute Gasteiger partial charge is 0.337 e. The van der Waals surface area contributed by atoms with Crippen LogP contribution in [0, 0.1) is 11.3 Å². The predicted molar refractivity (Wildman–Crippen MR) is 93.5 cm³/mol. The molecule has 0 aromatic heterocycles. The molecule has 9 heteroatoms. The zero-order valence-corrected chi connectivity index (χ0v) is 14.8. The number of carboxylic acids is 2. The molecular weight excluding hydrogens is 416 g/mol. The van der Waals surface area contributed by atoms with Gasteiger partial charge < -0.3 is 20.3 Å². The van der Waals surface area contributed by atoms with Gasteiger partial charge in [0.05, 0.1) is 21.3 Å². The van der Waals surface area contributed by atoms with Gasteiger partial charge in [-0.15, -0.1) is 0 Å². The summed E-state index contributed by atoms with van der Waals surface area (Å²) in [5.74, 6) is -2.03. The Morgan fingerprint density at radius 2 is 2.00 bits per heavy atom. The minimum Gasteiger partial charge on any atom is -0.480 e. The molecule has 0 atom stereocenters. The van der Waals surface area contributed by atoms with Gasteiger partial charge in [0.15, 0.2) is 0 Å². The van der Waals surface area contributed by atoms with Crippen LogP contribution >= 0.6 is 27.5 Å². The molecule has 2 rings (SSSR count). The maximum Gasteiger partial charge on any atom is 0.337 e. The molecule has 0 saturated carbocycles. The number of hydrogen-bond donors (Lipinski definition) is 3. The number of ether oxygens (including phenoxy) is 1. The monoisotopic (exact) mass is 424 g/mol. The Morgan fingerprint density at radius 3 is 2.60 bits per heavy atom. The number of carboxylic acid groups (broad SMARTS) is 2. The molecule has 0 amide bonds. The Morgan fingerprint density at radius 1 is 1.28 bits per heavy atom. The minimum atomic E-state index is -1.23. The van der Waals surface area contributed by atoms with Crippen LogP contribution in [-0.4, -0.2) is 28.7 Å². The summed E-state index contributed by atoms with van der Waals surface area (Å²) in [5, 5.41) is 30.2. The van der Waals surface area contributed by atoms with Crippen molar-refractivity contribution >= 4 is 45.2 Å². The Hall–Kier alpha value is -2.76. The number of nitrogens with zero attached hydrogens (tertiary/aromatic N) is 1. The van der Waals surface area contributed by atoms with Crippen LogP contribution in [0.5, 0.6) is 11.5 Å². The van der Waals surface area contributed by atoms with Crippen LogP contribution in [0.1, 0.15) is 15.9 Å². The number of aromatic carboxylic acids is 1. The van der Waals surface area contributed by atoms with E-state index in [9.17, 15) is 14.7 Å². The lowest BCUT2D eigenvalue weighted by atomic mass is 10.1. The number of aliphatic carboxylic acids is 1. The van der Waals surface area contributed by atoms with Crippen molar-refractivity contribution in [2.75, 3.05) is 11.9 Å². The number of halogens is 2. The van der Waals surface area contributed by atoms with E-state index in [-0.39, 0.29) is 32.8 Å². The first-order chi connectivity index (χ1) is 11.8. The van der Waals surface area contributed by atoms with E-state index in [1.54, 1.807) is 0 Å². The van der Waals surface area contributed by atoms with E-state index in [1.165, 1.54) is 30.3 Å². The van der Waals surface area contributed by atoms with Crippen LogP contribution in [-0.2, 0) is 4.79 Å². The van der Waals surface area contributed by atoms with Crippen LogP contribution in [0.25, 0.3) is 0 Å². The molecule has 0 aliphatic carbocycles. The summed E-state index contributed by atoms with van der Waals surface area (Å²) in [6, 6.07) is 9.04. The molecule has 128 valence electrons. The van der Waals surface area contributed by atoms with Crippen molar-refractivity contribution in [2.45, 2.75) is 0 Å². The van der Waals surface area contributed by atoms with Gasteiger partial charge in [-0.2, -0.15) is 5.26 Å². The summed E-state index contributed by atoms with van der Waals surface area (Å²) in [5.41, 5.74) is 0.273. The van der Waals surface area contributed by atoms with Gasteiger partial charge in [0, 0.05) is 11.1 Å². The van der Waals surface area contributed by atoms with Crippen LogP contribution in [0.3, 0.4) is 0 Å². The van der Waals surface area contributed by atoms with Crippen molar-refractivity contribution in [1.82, 2.24) is 0 Å². The molecule has 3 N–H and O–H groups in total. The summed E-state index contributed by atoms with van der Waals surface area (Å²) in [6.07, 6.45) is 0. The maximum absolute atomic E-state index is 11.4. The number of anilines is 1. The highest BCUT2D eigenvalue weighted by Crippen LogP contribution is 2.35. The Balaban J connectivity index is 2.45. The first-order valence-electron chi connectivity index (χ1n) is 6.72. The Kier molecular flexibility index (Phi) is 5.85. The molecule has 2 aromatic rings. The molecule has 0 fully saturated rings. The summed E-state index contributed by atoms with van der Waals surface area (Å²) < 4.78 is 5.78. The zero-order chi connectivity index (χ0) is 18.6. The van der Waals surface area contributed by atoms with Crippen molar-refractivity contribution in [1.29, 1.82) is 5.26 Å². The fraction of sp³-hybridized carbons (Fsp3) is 0.0625. The van der Waals surface area contributed by atoms with Gasteiger partial charge in [0.1, 0.15) is 24.1 Å². The number of rotatable bonds is 6. The average Bonchev–Trinajstić information content (AvgIpc) is 2.56. The molecule has 0 saturated heterocycles. The summed E-state index contributed by atoms with van der Waals surface area (Å²) in [7, 11) is 0. The summed E-state index contributed by atoms with van der Waals surface area (Å²) in [4.78, 5) is 22.1. The van der Waals surface area contributed by atoms with E-state index in [0.29, 0.717) is 5.02 Å². The molecule has 0 aliphatic rings. The summed E-state index contributed by atoms with van der Waals surface area (Å²) in [6.45, 7) is -0.411. The third-order valence-corrected chi connectivity index (χ3v) is 4.09. The third-order valence-electron chi connectivity index (χ3n) is 3.00. The molecule has 0 heterocycles. The highest BCUT2D eigenvalue weighted by atomic mass is 79.9. The molecule has 0 bridgehead atoms. The lowest BCUT2D eigenvalue weighted by molar-refractivity contribution is -0.134. The number of nitriles is 1. The van der Waals surface area contributed by atoms with Crippen molar-refractivity contribution in [3.8, 4) is 17.6 Å². The normalized spacial score (nSPS) is 9.96. The number of hydrogen-bond acceptors (Lipinski definition) is 5. The SMILES string of the molecule is N#Cc1cc(Cl)ccc1Oc1cc(NCC(=O)O)c(Br)c(C(=O)O)c1. The molecule has 0 aliphatic heterocycles. The number of carbonyl (C=O) groups is 2. The zero-order valence-electron chi connectivity index (χ0n) is 12.4. The maximum atomic E-state index is 11.4. The van der Waals surface area contributed by atoms with E-state index < -0.39 is 18.5 Å². The van der Waals surface area contributed by atoms with E-state index in [4.69, 9.17) is 26.7 Å². The van der Waals surface area contributed by atoms with Gasteiger partial charge in [-0.05, 0) is 40.2 Å². The lowest BCUT2D eigenvalue weighted by Gasteiger charge is -2.13. The minimum absolute atomic E-state index is 0.118. The fourth-order valence-corrected chi connectivity index (χ4v) is 2.63. The first-order valence-corrected chi connectivity index (χ1v) is 7.89. The third kappa shape index (κ3) is 4.62. The van der Waals surface area contributed by atoms with Crippen molar-refractivity contribution in [3.63, 3.8) is 0 Å². The van der Waals surface area contributed by atoms with Crippen LogP contribution in [0.15, 0.2) is 34.8 Å². The van der Waals surface area contributed by atoms with Gasteiger partial charge >= 0.3 is 11.9 Å². The van der Waals surface area contributed by atoms with Crippen LogP contribution in [0.4, 0.5) is 5.69 Å². The van der Waals surface area contributed by atoms with Gasteiger partial charge in [-0.1, -0.05) is 11.6 Å². The standard InChI is InChI=1S/C16H10BrClN2O5/c17-15-11(16(23)24)4-10(5-12(15)20-7-14(21)22)25-13-2-1-9(18)3-8(13)6-19/h1-5,20H,7H2,(H,21,22)(H,23,24). The van der Waals surface area contributed by atoms with E-state index >= 15 is 0 Å². The lowest BCUT2D eigenvalue weighted by Crippen LogP contribution is -2.13. The van der Waals surface area contributed by atoms with Gasteiger partial charge in [0.2, 0.25) is 0 Å². The van der Waals surface area contributed by atoms with Gasteiger partial charge in [0.25, 0.3) is 0 Å². The van der Waals surface area contributed by atoms with Crippen LogP contribution in [0.2, 0.25) is 5.02 Å². The van der Waals surface area contributed by atoms with Crippen LogP contribution < -0.4 is 10.1 Å².